The molecule has 0 saturated heterocycles. The largest absolute Gasteiger partial charge is 0.481 e. The number of aliphatic hydroxyl groups is 4. The van der Waals surface area contributed by atoms with Crippen molar-refractivity contribution in [1.29, 1.82) is 0 Å². The lowest BCUT2D eigenvalue weighted by Gasteiger charge is -2.64. The molecule has 4 aliphatic carbocycles. The first-order valence-corrected chi connectivity index (χ1v) is 11.9. The van der Waals surface area contributed by atoms with Crippen molar-refractivity contribution in [2.45, 2.75) is 96.6 Å². The molecule has 4 rings (SSSR count). The number of aliphatic carboxylic acids is 1. The van der Waals surface area contributed by atoms with Gasteiger partial charge in [0.1, 0.15) is 0 Å². The Hall–Kier alpha value is -0.690. The SMILES string of the molecule is CC(CCC(=O)O)C1CCC2C3C(O)CC4CC(O)CC(O)C4(C)C3CC(O)C12C. The van der Waals surface area contributed by atoms with Crippen LogP contribution in [0.4, 0.5) is 0 Å². The zero-order chi connectivity index (χ0) is 22.0. The van der Waals surface area contributed by atoms with Crippen LogP contribution < -0.4 is 0 Å². The molecule has 12 atom stereocenters. The molecule has 0 aliphatic heterocycles. The molecular weight excluding hydrogens is 384 g/mol. The van der Waals surface area contributed by atoms with E-state index in [1.54, 1.807) is 0 Å². The summed E-state index contributed by atoms with van der Waals surface area (Å²) >= 11 is 0. The predicted molar refractivity (Wildman–Crippen MR) is 111 cm³/mol. The summed E-state index contributed by atoms with van der Waals surface area (Å²) < 4.78 is 0. The lowest BCUT2D eigenvalue weighted by atomic mass is 9.42. The summed E-state index contributed by atoms with van der Waals surface area (Å²) in [6.45, 7) is 6.39. The van der Waals surface area contributed by atoms with Gasteiger partial charge in [-0.2, -0.15) is 0 Å². The Kier molecular flexibility index (Phi) is 5.79. The molecule has 0 bridgehead atoms. The average Bonchev–Trinajstić information content (AvgIpc) is 3.01. The summed E-state index contributed by atoms with van der Waals surface area (Å²) in [7, 11) is 0. The molecule has 5 N–H and O–H groups in total. The van der Waals surface area contributed by atoms with E-state index in [4.69, 9.17) is 5.11 Å². The Balaban J connectivity index is 1.63. The molecular formula is C24H40O6. The van der Waals surface area contributed by atoms with Crippen LogP contribution in [-0.4, -0.2) is 55.9 Å². The Morgan fingerprint density at radius 2 is 1.60 bits per heavy atom. The second-order valence-electron chi connectivity index (χ2n) is 11.5. The molecule has 6 heteroatoms. The van der Waals surface area contributed by atoms with E-state index in [1.807, 2.05) is 0 Å². The summed E-state index contributed by atoms with van der Waals surface area (Å²) in [4.78, 5) is 11.1. The third kappa shape index (κ3) is 3.16. The second kappa shape index (κ2) is 7.72. The van der Waals surface area contributed by atoms with Crippen LogP contribution in [-0.2, 0) is 4.79 Å². The minimum absolute atomic E-state index is 0.0369. The molecule has 4 fully saturated rings. The van der Waals surface area contributed by atoms with Gasteiger partial charge >= 0.3 is 5.97 Å². The molecule has 12 unspecified atom stereocenters. The highest BCUT2D eigenvalue weighted by atomic mass is 16.4. The van der Waals surface area contributed by atoms with Crippen LogP contribution in [0, 0.1) is 46.3 Å². The molecule has 0 spiro atoms. The van der Waals surface area contributed by atoms with Crippen molar-refractivity contribution >= 4 is 5.97 Å². The Morgan fingerprint density at radius 3 is 2.27 bits per heavy atom. The molecule has 6 nitrogen and oxygen atoms in total. The van der Waals surface area contributed by atoms with Gasteiger partial charge in [-0.05, 0) is 91.3 Å². The van der Waals surface area contributed by atoms with Gasteiger partial charge < -0.3 is 25.5 Å². The lowest BCUT2D eigenvalue weighted by molar-refractivity contribution is -0.234. The van der Waals surface area contributed by atoms with Crippen molar-refractivity contribution in [2.75, 3.05) is 0 Å². The third-order valence-corrected chi connectivity index (χ3v) is 10.4. The molecule has 0 aromatic carbocycles. The van der Waals surface area contributed by atoms with Crippen molar-refractivity contribution in [3.05, 3.63) is 0 Å². The second-order valence-corrected chi connectivity index (χ2v) is 11.5. The highest BCUT2D eigenvalue weighted by molar-refractivity contribution is 5.66. The maximum atomic E-state index is 11.5. The number of fused-ring (bicyclic) bond motifs is 5. The van der Waals surface area contributed by atoms with Crippen LogP contribution in [0.15, 0.2) is 0 Å². The van der Waals surface area contributed by atoms with Gasteiger partial charge in [0.2, 0.25) is 0 Å². The number of carboxylic acids is 1. The van der Waals surface area contributed by atoms with Gasteiger partial charge in [-0.15, -0.1) is 0 Å². The molecule has 30 heavy (non-hydrogen) atoms. The Labute approximate surface area is 179 Å². The van der Waals surface area contributed by atoms with Crippen LogP contribution in [0.2, 0.25) is 0 Å². The first kappa shape index (κ1) is 22.5. The smallest absolute Gasteiger partial charge is 0.303 e. The van der Waals surface area contributed by atoms with Gasteiger partial charge in [0.25, 0.3) is 0 Å². The van der Waals surface area contributed by atoms with Crippen molar-refractivity contribution in [3.8, 4) is 0 Å². The quantitative estimate of drug-likeness (QED) is 0.473. The van der Waals surface area contributed by atoms with E-state index in [2.05, 4.69) is 20.8 Å². The van der Waals surface area contributed by atoms with E-state index in [9.17, 15) is 25.2 Å². The fraction of sp³-hybridized carbons (Fsp3) is 0.958. The van der Waals surface area contributed by atoms with Crippen LogP contribution >= 0.6 is 0 Å². The van der Waals surface area contributed by atoms with Crippen molar-refractivity contribution in [2.24, 2.45) is 46.3 Å². The summed E-state index contributed by atoms with van der Waals surface area (Å²) in [5.74, 6) is -0.00131. The number of aliphatic hydroxyl groups excluding tert-OH is 4. The van der Waals surface area contributed by atoms with Crippen LogP contribution in [0.3, 0.4) is 0 Å². The Bertz CT molecular complexity index is 668. The first-order valence-electron chi connectivity index (χ1n) is 11.9. The monoisotopic (exact) mass is 424 g/mol. The maximum absolute atomic E-state index is 11.5. The number of carbonyl (C=O) groups is 1. The molecule has 4 saturated carbocycles. The van der Waals surface area contributed by atoms with Gasteiger partial charge in [0.15, 0.2) is 0 Å². The zero-order valence-corrected chi connectivity index (χ0v) is 18.6. The van der Waals surface area contributed by atoms with E-state index in [0.29, 0.717) is 32.1 Å². The highest BCUT2D eigenvalue weighted by Crippen LogP contribution is 2.68. The van der Waals surface area contributed by atoms with E-state index in [0.717, 1.165) is 12.8 Å². The van der Waals surface area contributed by atoms with Crippen molar-refractivity contribution in [3.63, 3.8) is 0 Å². The Morgan fingerprint density at radius 1 is 0.933 bits per heavy atom. The molecule has 0 aromatic heterocycles. The molecule has 172 valence electrons. The van der Waals surface area contributed by atoms with E-state index >= 15 is 0 Å². The van der Waals surface area contributed by atoms with Crippen LogP contribution in [0.5, 0.6) is 0 Å². The zero-order valence-electron chi connectivity index (χ0n) is 18.6. The molecule has 0 heterocycles. The van der Waals surface area contributed by atoms with Gasteiger partial charge in [0.05, 0.1) is 24.4 Å². The maximum Gasteiger partial charge on any atom is 0.303 e. The minimum atomic E-state index is -0.777. The number of rotatable bonds is 4. The lowest BCUT2D eigenvalue weighted by Crippen LogP contribution is -2.65. The van der Waals surface area contributed by atoms with Crippen LogP contribution in [0.1, 0.15) is 72.1 Å². The summed E-state index contributed by atoms with van der Waals surface area (Å²) in [6.07, 6.45) is 2.68. The topological polar surface area (TPSA) is 118 Å². The number of hydrogen-bond acceptors (Lipinski definition) is 5. The standard InChI is InChI=1S/C24H40O6/c1-12(4-7-21(29)30)15-5-6-16-22-17(11-20(28)24(15,16)3)23(2)13(9-18(22)26)8-14(25)10-19(23)27/h12-20,22,25-28H,4-11H2,1-3H3,(H,29,30). The fourth-order valence-electron chi connectivity index (χ4n) is 8.76. The van der Waals surface area contributed by atoms with Gasteiger partial charge in [0, 0.05) is 6.42 Å². The molecule has 0 radical (unpaired) electrons. The number of carboxylic acid groups (broad SMARTS) is 1. The first-order chi connectivity index (χ1) is 14.0. The summed E-state index contributed by atoms with van der Waals surface area (Å²) in [5, 5.41) is 53.1. The highest BCUT2D eigenvalue weighted by Gasteiger charge is 2.67. The van der Waals surface area contributed by atoms with Crippen molar-refractivity contribution < 1.29 is 30.3 Å². The molecule has 4 aliphatic rings. The van der Waals surface area contributed by atoms with Crippen LogP contribution in [0.25, 0.3) is 0 Å². The van der Waals surface area contributed by atoms with E-state index in [-0.39, 0.29) is 47.3 Å². The normalized spacial score (nSPS) is 54.0. The van der Waals surface area contributed by atoms with E-state index in [1.165, 1.54) is 0 Å². The van der Waals surface area contributed by atoms with Gasteiger partial charge in [-0.25, -0.2) is 0 Å². The molecule has 0 aromatic rings. The fourth-order valence-corrected chi connectivity index (χ4v) is 8.76. The average molecular weight is 425 g/mol. The van der Waals surface area contributed by atoms with Crippen molar-refractivity contribution in [1.82, 2.24) is 0 Å². The van der Waals surface area contributed by atoms with E-state index < -0.39 is 35.8 Å². The summed E-state index contributed by atoms with van der Waals surface area (Å²) in [6, 6.07) is 0. The summed E-state index contributed by atoms with van der Waals surface area (Å²) in [5.41, 5.74) is -0.721. The van der Waals surface area contributed by atoms with Gasteiger partial charge in [-0.3, -0.25) is 4.79 Å². The number of hydrogen-bond donors (Lipinski definition) is 5. The predicted octanol–water partition coefficient (Wildman–Crippen LogP) is 2.42. The van der Waals surface area contributed by atoms with Gasteiger partial charge in [-0.1, -0.05) is 20.8 Å². The minimum Gasteiger partial charge on any atom is -0.481 e. The third-order valence-electron chi connectivity index (χ3n) is 10.4. The molecule has 0 amide bonds.